The van der Waals surface area contributed by atoms with Crippen LogP contribution in [0.4, 0.5) is 0 Å². The van der Waals surface area contributed by atoms with E-state index in [-0.39, 0.29) is 0 Å². The van der Waals surface area contributed by atoms with Gasteiger partial charge >= 0.3 is 0 Å². The highest BCUT2D eigenvalue weighted by atomic mass is 16.5. The Morgan fingerprint density at radius 1 is 1.25 bits per heavy atom. The zero-order valence-corrected chi connectivity index (χ0v) is 13.4. The second kappa shape index (κ2) is 6.59. The maximum Gasteiger partial charge on any atom is 0.124 e. The van der Waals surface area contributed by atoms with Gasteiger partial charge in [-0.1, -0.05) is 32.0 Å². The van der Waals surface area contributed by atoms with Gasteiger partial charge in [0.1, 0.15) is 12.4 Å². The highest BCUT2D eigenvalue weighted by Gasteiger charge is 2.35. The number of fused-ring (bicyclic) bond motifs is 1. The molecular weight excluding hydrogens is 248 g/mol. The number of hydrogen-bond donors (Lipinski definition) is 1. The lowest BCUT2D eigenvalue weighted by atomic mass is 9.93. The van der Waals surface area contributed by atoms with Crippen LogP contribution in [-0.4, -0.2) is 37.2 Å². The molecule has 2 rings (SSSR count). The van der Waals surface area contributed by atoms with Gasteiger partial charge in [0.15, 0.2) is 0 Å². The van der Waals surface area contributed by atoms with E-state index in [2.05, 4.69) is 56.1 Å². The van der Waals surface area contributed by atoms with E-state index in [4.69, 9.17) is 4.74 Å². The predicted octanol–water partition coefficient (Wildman–Crippen LogP) is 3.07. The Morgan fingerprint density at radius 2 is 1.95 bits per heavy atom. The third-order valence-electron chi connectivity index (χ3n) is 4.02. The molecule has 1 aromatic rings. The van der Waals surface area contributed by atoms with Gasteiger partial charge in [-0.3, -0.25) is 4.90 Å². The average Bonchev–Trinajstić information content (AvgIpc) is 2.43. The summed E-state index contributed by atoms with van der Waals surface area (Å²) in [6.07, 6.45) is 0. The van der Waals surface area contributed by atoms with Crippen molar-refractivity contribution >= 4 is 0 Å². The Hall–Kier alpha value is -1.06. The number of hydrogen-bond acceptors (Lipinski definition) is 3. The number of ether oxygens (including phenoxy) is 1. The van der Waals surface area contributed by atoms with Gasteiger partial charge < -0.3 is 10.1 Å². The predicted molar refractivity (Wildman–Crippen MR) is 84.2 cm³/mol. The number of rotatable bonds is 5. The van der Waals surface area contributed by atoms with Crippen LogP contribution in [0.5, 0.6) is 5.75 Å². The molecule has 1 heterocycles. The summed E-state index contributed by atoms with van der Waals surface area (Å²) in [5.41, 5.74) is 1.28. The molecule has 0 aromatic heterocycles. The van der Waals surface area contributed by atoms with Crippen molar-refractivity contribution in [2.45, 2.75) is 45.8 Å². The van der Waals surface area contributed by atoms with Gasteiger partial charge in [0.05, 0.1) is 12.1 Å². The molecule has 1 aromatic carbocycles. The molecule has 0 saturated carbocycles. The van der Waals surface area contributed by atoms with E-state index >= 15 is 0 Å². The van der Waals surface area contributed by atoms with E-state index in [0.717, 1.165) is 18.9 Å². The summed E-state index contributed by atoms with van der Waals surface area (Å²) in [5, 5.41) is 3.50. The molecule has 3 heteroatoms. The fraction of sp³-hybridized carbons (Fsp3) is 0.647. The van der Waals surface area contributed by atoms with E-state index in [1.165, 1.54) is 5.56 Å². The summed E-state index contributed by atoms with van der Waals surface area (Å²) >= 11 is 0. The molecule has 112 valence electrons. The van der Waals surface area contributed by atoms with Crippen molar-refractivity contribution in [3.63, 3.8) is 0 Å². The summed E-state index contributed by atoms with van der Waals surface area (Å²) in [7, 11) is 2.05. The molecule has 1 aliphatic heterocycles. The van der Waals surface area contributed by atoms with Crippen molar-refractivity contribution in [1.29, 1.82) is 0 Å². The van der Waals surface area contributed by atoms with Crippen LogP contribution >= 0.6 is 0 Å². The molecule has 20 heavy (non-hydrogen) atoms. The van der Waals surface area contributed by atoms with Crippen molar-refractivity contribution in [2.75, 3.05) is 20.2 Å². The first-order valence-corrected chi connectivity index (χ1v) is 7.69. The summed E-state index contributed by atoms with van der Waals surface area (Å²) in [5.74, 6) is 1.68. The lowest BCUT2D eigenvalue weighted by Crippen LogP contribution is -2.53. The Balaban J connectivity index is 2.27. The number of nitrogens with zero attached hydrogens (tertiary/aromatic N) is 1. The van der Waals surface area contributed by atoms with Gasteiger partial charge in [0, 0.05) is 18.2 Å². The summed E-state index contributed by atoms with van der Waals surface area (Å²) in [4.78, 5) is 2.57. The molecule has 0 spiro atoms. The van der Waals surface area contributed by atoms with Crippen molar-refractivity contribution < 1.29 is 4.74 Å². The van der Waals surface area contributed by atoms with Crippen LogP contribution in [-0.2, 0) is 0 Å². The van der Waals surface area contributed by atoms with Crippen LogP contribution in [0.25, 0.3) is 0 Å². The molecule has 0 saturated heterocycles. The van der Waals surface area contributed by atoms with Gasteiger partial charge in [-0.25, -0.2) is 0 Å². The fourth-order valence-corrected chi connectivity index (χ4v) is 3.13. The van der Waals surface area contributed by atoms with E-state index < -0.39 is 0 Å². The van der Waals surface area contributed by atoms with Gasteiger partial charge in [0.2, 0.25) is 0 Å². The lowest BCUT2D eigenvalue weighted by molar-refractivity contribution is 0.0553. The zero-order valence-electron chi connectivity index (χ0n) is 13.4. The Kier molecular flexibility index (Phi) is 5.06. The second-order valence-corrected chi connectivity index (χ2v) is 6.37. The maximum atomic E-state index is 6.00. The summed E-state index contributed by atoms with van der Waals surface area (Å²) < 4.78 is 6.00. The third kappa shape index (κ3) is 3.15. The van der Waals surface area contributed by atoms with Crippen LogP contribution < -0.4 is 10.1 Å². The van der Waals surface area contributed by atoms with E-state index in [9.17, 15) is 0 Å². The molecule has 0 radical (unpaired) electrons. The molecule has 2 atom stereocenters. The molecular formula is C17H28N2O. The van der Waals surface area contributed by atoms with E-state index in [1.807, 2.05) is 13.1 Å². The highest BCUT2D eigenvalue weighted by molar-refractivity contribution is 5.38. The van der Waals surface area contributed by atoms with Crippen LogP contribution in [0.1, 0.15) is 39.3 Å². The minimum Gasteiger partial charge on any atom is -0.492 e. The summed E-state index contributed by atoms with van der Waals surface area (Å²) in [6.45, 7) is 11.0. The Morgan fingerprint density at radius 3 is 2.55 bits per heavy atom. The number of likely N-dealkylation sites (N-methyl/N-ethyl adjacent to an activating group) is 1. The van der Waals surface area contributed by atoms with Crippen LogP contribution in [0.2, 0.25) is 0 Å². The fourth-order valence-electron chi connectivity index (χ4n) is 3.13. The van der Waals surface area contributed by atoms with Crippen molar-refractivity contribution in [3.8, 4) is 5.75 Å². The van der Waals surface area contributed by atoms with Crippen molar-refractivity contribution in [1.82, 2.24) is 10.2 Å². The van der Waals surface area contributed by atoms with Crippen molar-refractivity contribution in [2.24, 2.45) is 5.92 Å². The van der Waals surface area contributed by atoms with Crippen LogP contribution in [0.15, 0.2) is 24.3 Å². The van der Waals surface area contributed by atoms with Gasteiger partial charge in [-0.05, 0) is 32.9 Å². The van der Waals surface area contributed by atoms with Gasteiger partial charge in [-0.15, -0.1) is 0 Å². The molecule has 0 amide bonds. The number of benzene rings is 1. The average molecular weight is 276 g/mol. The maximum absolute atomic E-state index is 6.00. The first-order valence-electron chi connectivity index (χ1n) is 7.69. The molecule has 3 nitrogen and oxygen atoms in total. The first-order chi connectivity index (χ1) is 9.54. The second-order valence-electron chi connectivity index (χ2n) is 6.37. The van der Waals surface area contributed by atoms with Gasteiger partial charge in [-0.2, -0.15) is 0 Å². The van der Waals surface area contributed by atoms with E-state index in [0.29, 0.717) is 24.0 Å². The van der Waals surface area contributed by atoms with E-state index in [1.54, 1.807) is 0 Å². The largest absolute Gasteiger partial charge is 0.492 e. The van der Waals surface area contributed by atoms with Crippen LogP contribution in [0.3, 0.4) is 0 Å². The molecule has 2 unspecified atom stereocenters. The standard InChI is InChI=1S/C17H28N2O/c1-12(2)10-19(13(3)4)15-11-20-16-9-7-6-8-14(16)17(15)18-5/h6-9,12-13,15,17-18H,10-11H2,1-5H3. The normalized spacial score (nSPS) is 22.2. The smallest absolute Gasteiger partial charge is 0.124 e. The quantitative estimate of drug-likeness (QED) is 0.894. The van der Waals surface area contributed by atoms with Crippen LogP contribution in [0, 0.1) is 5.92 Å². The lowest BCUT2D eigenvalue weighted by Gasteiger charge is -2.43. The monoisotopic (exact) mass is 276 g/mol. The molecule has 1 N–H and O–H groups in total. The third-order valence-corrected chi connectivity index (χ3v) is 4.02. The van der Waals surface area contributed by atoms with Crippen molar-refractivity contribution in [3.05, 3.63) is 29.8 Å². The minimum absolute atomic E-state index is 0.334. The Labute approximate surface area is 123 Å². The highest BCUT2D eigenvalue weighted by Crippen LogP contribution is 2.34. The molecule has 0 bridgehead atoms. The minimum atomic E-state index is 0.334. The molecule has 1 aliphatic rings. The number of para-hydroxylation sites is 1. The first kappa shape index (κ1) is 15.3. The molecule has 0 fully saturated rings. The number of nitrogens with one attached hydrogen (secondary N) is 1. The SMILES string of the molecule is CNC1c2ccccc2OCC1N(CC(C)C)C(C)C. The summed E-state index contributed by atoms with van der Waals surface area (Å²) in [6, 6.07) is 9.62. The van der Waals surface area contributed by atoms with Gasteiger partial charge in [0.25, 0.3) is 0 Å². The zero-order chi connectivity index (χ0) is 14.7. The Bertz CT molecular complexity index is 431. The molecule has 0 aliphatic carbocycles. The topological polar surface area (TPSA) is 24.5 Å².